The molecule has 6 nitrogen and oxygen atoms in total. The van der Waals surface area contributed by atoms with Gasteiger partial charge < -0.3 is 0 Å². The molecule has 0 bridgehead atoms. The normalized spacial score (nSPS) is 10.8. The van der Waals surface area contributed by atoms with E-state index in [2.05, 4.69) is 4.98 Å². The van der Waals surface area contributed by atoms with Crippen molar-refractivity contribution < 1.29 is 4.92 Å². The molecular formula is C15H10ClN3O3. The van der Waals surface area contributed by atoms with Gasteiger partial charge in [-0.25, -0.2) is 4.98 Å². The summed E-state index contributed by atoms with van der Waals surface area (Å²) in [6.45, 7) is 0.321. The third-order valence-electron chi connectivity index (χ3n) is 3.28. The van der Waals surface area contributed by atoms with Crippen molar-refractivity contribution in [1.29, 1.82) is 0 Å². The number of aromatic nitrogens is 2. The minimum Gasteiger partial charge on any atom is -0.294 e. The van der Waals surface area contributed by atoms with Crippen molar-refractivity contribution in [1.82, 2.24) is 9.55 Å². The number of rotatable bonds is 3. The van der Waals surface area contributed by atoms with Gasteiger partial charge >= 0.3 is 0 Å². The smallest absolute Gasteiger partial charge is 0.270 e. The van der Waals surface area contributed by atoms with Crippen molar-refractivity contribution in [3.63, 3.8) is 0 Å². The Kier molecular flexibility index (Phi) is 3.60. The Bertz CT molecular complexity index is 919. The van der Waals surface area contributed by atoms with Crippen LogP contribution < -0.4 is 5.56 Å². The number of halogens is 1. The number of hydrogen-bond donors (Lipinski definition) is 0. The van der Waals surface area contributed by atoms with Gasteiger partial charge in [0.2, 0.25) is 0 Å². The zero-order valence-electron chi connectivity index (χ0n) is 11.3. The summed E-state index contributed by atoms with van der Waals surface area (Å²) in [6, 6.07) is 11.2. The lowest BCUT2D eigenvalue weighted by Gasteiger charge is -2.07. The first kappa shape index (κ1) is 14.2. The van der Waals surface area contributed by atoms with Gasteiger partial charge in [-0.05, 0) is 23.8 Å². The second-order valence-corrected chi connectivity index (χ2v) is 5.20. The minimum atomic E-state index is -0.532. The molecule has 0 saturated carbocycles. The molecule has 0 atom stereocenters. The SMILES string of the molecule is O=c1c2cc([N+](=O)[O-])ccc2ncn1Cc1ccc(Cl)cc1. The van der Waals surface area contributed by atoms with Gasteiger partial charge in [-0.15, -0.1) is 0 Å². The lowest BCUT2D eigenvalue weighted by Crippen LogP contribution is -2.21. The number of nitrogens with zero attached hydrogens (tertiary/aromatic N) is 3. The molecule has 3 aromatic rings. The van der Waals surface area contributed by atoms with Crippen LogP contribution in [-0.2, 0) is 6.54 Å². The van der Waals surface area contributed by atoms with Crippen LogP contribution >= 0.6 is 11.6 Å². The topological polar surface area (TPSA) is 78.0 Å². The summed E-state index contributed by atoms with van der Waals surface area (Å²) in [5.41, 5.74) is 0.875. The second-order valence-electron chi connectivity index (χ2n) is 4.76. The average molecular weight is 316 g/mol. The molecule has 1 heterocycles. The van der Waals surface area contributed by atoms with Gasteiger partial charge in [0.15, 0.2) is 0 Å². The molecule has 0 aliphatic carbocycles. The van der Waals surface area contributed by atoms with E-state index < -0.39 is 4.92 Å². The quantitative estimate of drug-likeness (QED) is 0.550. The Labute approximate surface area is 129 Å². The van der Waals surface area contributed by atoms with Crippen molar-refractivity contribution in [3.8, 4) is 0 Å². The molecular weight excluding hydrogens is 306 g/mol. The Morgan fingerprint density at radius 1 is 1.18 bits per heavy atom. The summed E-state index contributed by atoms with van der Waals surface area (Å²) in [7, 11) is 0. The van der Waals surface area contributed by atoms with E-state index in [1.54, 1.807) is 12.1 Å². The van der Waals surface area contributed by atoms with Crippen LogP contribution in [0.25, 0.3) is 10.9 Å². The molecule has 0 unspecified atom stereocenters. The van der Waals surface area contributed by atoms with Crippen molar-refractivity contribution in [2.24, 2.45) is 0 Å². The summed E-state index contributed by atoms with van der Waals surface area (Å²) < 4.78 is 1.41. The van der Waals surface area contributed by atoms with E-state index in [1.807, 2.05) is 12.1 Å². The van der Waals surface area contributed by atoms with Crippen molar-refractivity contribution in [3.05, 3.63) is 79.8 Å². The minimum absolute atomic E-state index is 0.129. The monoisotopic (exact) mass is 315 g/mol. The molecule has 7 heteroatoms. The van der Waals surface area contributed by atoms with Crippen LogP contribution in [0.1, 0.15) is 5.56 Å². The van der Waals surface area contributed by atoms with Crippen LogP contribution in [0, 0.1) is 10.1 Å². The number of benzene rings is 2. The van der Waals surface area contributed by atoms with Gasteiger partial charge in [-0.3, -0.25) is 19.5 Å². The molecule has 0 amide bonds. The first-order valence-corrected chi connectivity index (χ1v) is 6.80. The standard InChI is InChI=1S/C15H10ClN3O3/c16-11-3-1-10(2-4-11)8-18-9-17-14-6-5-12(19(21)22)7-13(14)15(18)20/h1-7,9H,8H2. The highest BCUT2D eigenvalue weighted by Gasteiger charge is 2.11. The fourth-order valence-electron chi connectivity index (χ4n) is 2.16. The molecule has 22 heavy (non-hydrogen) atoms. The van der Waals surface area contributed by atoms with Crippen molar-refractivity contribution >= 4 is 28.2 Å². The molecule has 2 aromatic carbocycles. The average Bonchev–Trinajstić information content (AvgIpc) is 2.52. The van der Waals surface area contributed by atoms with Gasteiger partial charge in [0.05, 0.1) is 28.7 Å². The number of hydrogen-bond acceptors (Lipinski definition) is 4. The maximum atomic E-state index is 12.4. The summed E-state index contributed by atoms with van der Waals surface area (Å²) in [4.78, 5) is 26.9. The summed E-state index contributed by atoms with van der Waals surface area (Å²) >= 11 is 5.83. The zero-order chi connectivity index (χ0) is 15.7. The molecule has 0 saturated heterocycles. The third kappa shape index (κ3) is 2.68. The molecule has 110 valence electrons. The highest BCUT2D eigenvalue weighted by atomic mass is 35.5. The van der Waals surface area contributed by atoms with E-state index in [9.17, 15) is 14.9 Å². The maximum absolute atomic E-state index is 12.4. The van der Waals surface area contributed by atoms with E-state index >= 15 is 0 Å². The van der Waals surface area contributed by atoms with Crippen molar-refractivity contribution in [2.45, 2.75) is 6.54 Å². The largest absolute Gasteiger partial charge is 0.294 e. The fraction of sp³-hybridized carbons (Fsp3) is 0.0667. The van der Waals surface area contributed by atoms with E-state index in [1.165, 1.54) is 29.1 Å². The van der Waals surface area contributed by atoms with Crippen LogP contribution in [0.3, 0.4) is 0 Å². The van der Waals surface area contributed by atoms with Gasteiger partial charge in [-0.2, -0.15) is 0 Å². The van der Waals surface area contributed by atoms with Crippen LogP contribution in [0.4, 0.5) is 5.69 Å². The predicted octanol–water partition coefficient (Wildman–Crippen LogP) is 3.01. The molecule has 0 aliphatic heterocycles. The molecule has 0 fully saturated rings. The summed E-state index contributed by atoms with van der Waals surface area (Å²) in [6.07, 6.45) is 1.44. The zero-order valence-corrected chi connectivity index (χ0v) is 12.0. The summed E-state index contributed by atoms with van der Waals surface area (Å²) in [5.74, 6) is 0. The van der Waals surface area contributed by atoms with Gasteiger partial charge in [0.1, 0.15) is 0 Å². The maximum Gasteiger partial charge on any atom is 0.270 e. The Morgan fingerprint density at radius 2 is 1.91 bits per heavy atom. The van der Waals surface area contributed by atoms with Gasteiger partial charge in [0.25, 0.3) is 11.2 Å². The van der Waals surface area contributed by atoms with Crippen LogP contribution in [0.2, 0.25) is 5.02 Å². The molecule has 0 radical (unpaired) electrons. The number of nitro benzene ring substituents is 1. The predicted molar refractivity (Wildman–Crippen MR) is 83.2 cm³/mol. The number of non-ortho nitro benzene ring substituents is 1. The Morgan fingerprint density at radius 3 is 2.59 bits per heavy atom. The van der Waals surface area contributed by atoms with Crippen molar-refractivity contribution in [2.75, 3.05) is 0 Å². The second kappa shape index (κ2) is 5.57. The number of nitro groups is 1. The first-order valence-electron chi connectivity index (χ1n) is 6.42. The van der Waals surface area contributed by atoms with E-state index in [4.69, 9.17) is 11.6 Å². The van der Waals surface area contributed by atoms with E-state index in [0.717, 1.165) is 5.56 Å². The van der Waals surface area contributed by atoms with Crippen LogP contribution in [-0.4, -0.2) is 14.5 Å². The first-order chi connectivity index (χ1) is 10.5. The van der Waals surface area contributed by atoms with E-state index in [0.29, 0.717) is 17.1 Å². The molecule has 1 aromatic heterocycles. The Hall–Kier alpha value is -2.73. The number of fused-ring (bicyclic) bond motifs is 1. The Balaban J connectivity index is 2.07. The molecule has 0 spiro atoms. The van der Waals surface area contributed by atoms with Gasteiger partial charge in [0, 0.05) is 17.2 Å². The lowest BCUT2D eigenvalue weighted by atomic mass is 10.2. The lowest BCUT2D eigenvalue weighted by molar-refractivity contribution is -0.384. The molecule has 0 aliphatic rings. The highest BCUT2D eigenvalue weighted by molar-refractivity contribution is 6.30. The van der Waals surface area contributed by atoms with Gasteiger partial charge in [-0.1, -0.05) is 23.7 Å². The van der Waals surface area contributed by atoms with Crippen LogP contribution in [0.15, 0.2) is 53.6 Å². The van der Waals surface area contributed by atoms with E-state index in [-0.39, 0.29) is 16.6 Å². The van der Waals surface area contributed by atoms with Crippen LogP contribution in [0.5, 0.6) is 0 Å². The fourth-order valence-corrected chi connectivity index (χ4v) is 2.29. The molecule has 3 rings (SSSR count). The highest BCUT2D eigenvalue weighted by Crippen LogP contribution is 2.16. The third-order valence-corrected chi connectivity index (χ3v) is 3.54. The summed E-state index contributed by atoms with van der Waals surface area (Å²) in [5, 5.41) is 11.7. The molecule has 0 N–H and O–H groups in total.